The fraction of sp³-hybridized carbons (Fsp3) is 0.512. The van der Waals surface area contributed by atoms with Crippen LogP contribution in [0.4, 0.5) is 16.2 Å². The molecule has 0 saturated carbocycles. The number of rotatable bonds is 18. The Hall–Kier alpha value is -5.19. The molecule has 16 heteroatoms. The van der Waals surface area contributed by atoms with E-state index in [1.54, 1.807) is 63.4 Å². The molecule has 0 fully saturated rings. The first-order valence-electron chi connectivity index (χ1n) is 20.1. The van der Waals surface area contributed by atoms with Crippen LogP contribution in [0.25, 0.3) is 0 Å². The number of fused-ring (bicyclic) bond motifs is 2. The molecule has 15 nitrogen and oxygen atoms in total. The van der Waals surface area contributed by atoms with Crippen molar-refractivity contribution >= 4 is 49.4 Å². The highest BCUT2D eigenvalue weighted by atomic mass is 28.4. The summed E-state index contributed by atoms with van der Waals surface area (Å²) in [6.45, 7) is 23.0. The van der Waals surface area contributed by atoms with Gasteiger partial charge in [0.1, 0.15) is 31.0 Å². The zero-order chi connectivity index (χ0) is 43.9. The first-order chi connectivity index (χ1) is 27.8. The largest absolute Gasteiger partial charge is 0.540 e. The molecular weight excluding hydrogens is 775 g/mol. The van der Waals surface area contributed by atoms with E-state index in [4.69, 9.17) is 18.6 Å². The Balaban J connectivity index is 1.52. The number of Topliss-reactive ketones (excluding diaryl/α,β-unsaturated/α-hetero) is 1. The van der Waals surface area contributed by atoms with Crippen LogP contribution in [0.5, 0.6) is 11.5 Å². The summed E-state index contributed by atoms with van der Waals surface area (Å²) in [5.74, 6) is -2.44. The van der Waals surface area contributed by atoms with Crippen molar-refractivity contribution in [2.24, 2.45) is 5.92 Å². The van der Waals surface area contributed by atoms with Gasteiger partial charge >= 0.3 is 12.1 Å². The van der Waals surface area contributed by atoms with E-state index in [0.29, 0.717) is 29.2 Å². The maximum Gasteiger partial charge on any atom is 0.416 e. The summed E-state index contributed by atoms with van der Waals surface area (Å²) in [7, 11) is -1.02. The molecule has 2 aromatic carbocycles. The van der Waals surface area contributed by atoms with Gasteiger partial charge in [-0.25, -0.2) is 19.9 Å². The van der Waals surface area contributed by atoms with Crippen molar-refractivity contribution in [3.05, 3.63) is 72.0 Å². The van der Waals surface area contributed by atoms with Crippen molar-refractivity contribution < 1.29 is 47.7 Å². The number of nitrogens with one attached hydrogen (secondary N) is 3. The summed E-state index contributed by atoms with van der Waals surface area (Å²) < 4.78 is 23.5. The van der Waals surface area contributed by atoms with Crippen LogP contribution in [-0.2, 0) is 30.5 Å². The second-order valence-electron chi connectivity index (χ2n) is 16.4. The molecule has 0 aromatic heterocycles. The second kappa shape index (κ2) is 19.7. The molecule has 0 aliphatic carbocycles. The highest BCUT2D eigenvalue weighted by molar-refractivity contribution is 6.78. The van der Waals surface area contributed by atoms with Crippen molar-refractivity contribution in [1.29, 1.82) is 0 Å². The van der Waals surface area contributed by atoms with Gasteiger partial charge in [0, 0.05) is 18.0 Å². The molecule has 4 atom stereocenters. The van der Waals surface area contributed by atoms with Crippen molar-refractivity contribution in [3.8, 4) is 11.5 Å². The Morgan fingerprint density at radius 2 is 1.58 bits per heavy atom. The summed E-state index contributed by atoms with van der Waals surface area (Å²) in [4.78, 5) is 68.5. The Morgan fingerprint density at radius 3 is 2.14 bits per heavy atom. The standard InChI is InChI=1S/C43H61N5O10Si/c1-13-18-56-42(53)38(49)37(24(2)3)44-39(50)29(11)45-46-31-16-14-30(15-17-31)23-57-43(54)48-33-21-36(58-59(25(4)5,26(6)7)27(8)9)35(55-12)20-32(33)40(51)47-22-28(10)19-34(47)41(48)52/h13-17,20-22,24-27,29,34,37,41,45-46,52H,1,18-19,23H2,2-12H3,(H,44,50)/t29?,34-,37?,41-/m0/s1. The SMILES string of the molecule is C=CCOC(=O)C(=O)C(NC(=O)C(C)NNc1ccc(COC(=O)N2c3cc(O[Si](C(C)C)(C(C)C)C(C)C)c(OC)cc3C(=O)N3C=C(C)C[C@H]3[C@@H]2O)cc1)C(C)C. The molecule has 4 N–H and O–H groups in total. The Labute approximate surface area is 348 Å². The van der Waals surface area contributed by atoms with Gasteiger partial charge in [0.05, 0.1) is 24.4 Å². The van der Waals surface area contributed by atoms with Crippen LogP contribution in [0.1, 0.15) is 91.6 Å². The van der Waals surface area contributed by atoms with E-state index in [0.717, 1.165) is 10.5 Å². The minimum Gasteiger partial charge on any atom is -0.540 e. The Morgan fingerprint density at radius 1 is 0.949 bits per heavy atom. The van der Waals surface area contributed by atoms with Gasteiger partial charge in [0.25, 0.3) is 20.0 Å². The van der Waals surface area contributed by atoms with Gasteiger partial charge < -0.3 is 39.4 Å². The number of hydrazine groups is 1. The molecule has 0 bridgehead atoms. The van der Waals surface area contributed by atoms with E-state index >= 15 is 0 Å². The van der Waals surface area contributed by atoms with Crippen molar-refractivity contribution in [2.75, 3.05) is 24.0 Å². The molecule has 2 heterocycles. The number of hydrogen-bond donors (Lipinski definition) is 4. The van der Waals surface area contributed by atoms with Crippen LogP contribution in [-0.4, -0.2) is 86.1 Å². The quantitative estimate of drug-likeness (QED) is 0.0416. The van der Waals surface area contributed by atoms with Gasteiger partial charge in [-0.3, -0.25) is 14.4 Å². The summed E-state index contributed by atoms with van der Waals surface area (Å²) in [5.41, 5.74) is 8.88. The van der Waals surface area contributed by atoms with Crippen molar-refractivity contribution in [2.45, 2.75) is 123 Å². The molecule has 322 valence electrons. The lowest BCUT2D eigenvalue weighted by Crippen LogP contribution is -2.53. The minimum atomic E-state index is -2.54. The van der Waals surface area contributed by atoms with Gasteiger partial charge in [-0.1, -0.05) is 85.8 Å². The van der Waals surface area contributed by atoms with E-state index in [1.165, 1.54) is 18.1 Å². The van der Waals surface area contributed by atoms with Crippen molar-refractivity contribution in [3.63, 3.8) is 0 Å². The van der Waals surface area contributed by atoms with Crippen LogP contribution < -0.4 is 30.2 Å². The number of ketones is 1. The molecule has 2 aliphatic rings. The van der Waals surface area contributed by atoms with Crippen molar-refractivity contribution in [1.82, 2.24) is 15.6 Å². The number of anilines is 2. The average molecular weight is 836 g/mol. The number of carbonyl (C=O) groups is 5. The van der Waals surface area contributed by atoms with Crippen LogP contribution in [0.3, 0.4) is 0 Å². The second-order valence-corrected chi connectivity index (χ2v) is 21.8. The van der Waals surface area contributed by atoms with Gasteiger partial charge in [0.15, 0.2) is 12.0 Å². The average Bonchev–Trinajstić information content (AvgIpc) is 3.56. The van der Waals surface area contributed by atoms with E-state index in [2.05, 4.69) is 64.3 Å². The normalized spacial score (nSPS) is 17.5. The molecule has 0 saturated heterocycles. The highest BCUT2D eigenvalue weighted by Crippen LogP contribution is 2.47. The third-order valence-corrected chi connectivity index (χ3v) is 17.0. The molecule has 3 amide bonds. The van der Waals surface area contributed by atoms with Gasteiger partial charge in [-0.2, -0.15) is 0 Å². The maximum absolute atomic E-state index is 14.1. The summed E-state index contributed by atoms with van der Waals surface area (Å²) >= 11 is 0. The number of amides is 3. The number of aliphatic hydroxyl groups is 1. The van der Waals surface area contributed by atoms with E-state index in [-0.39, 0.29) is 52.9 Å². The smallest absolute Gasteiger partial charge is 0.416 e. The lowest BCUT2D eigenvalue weighted by atomic mass is 9.99. The predicted octanol–water partition coefficient (Wildman–Crippen LogP) is 6.59. The van der Waals surface area contributed by atoms with Gasteiger partial charge in [0.2, 0.25) is 5.91 Å². The number of esters is 1. The zero-order valence-electron chi connectivity index (χ0n) is 36.1. The van der Waals surface area contributed by atoms with Gasteiger partial charge in [-0.05, 0) is 66.6 Å². The number of aliphatic hydroxyl groups excluding tert-OH is 1. The number of carbonyl (C=O) groups excluding carboxylic acids is 5. The van der Waals surface area contributed by atoms with Crippen LogP contribution >= 0.6 is 0 Å². The topological polar surface area (TPSA) is 185 Å². The lowest BCUT2D eigenvalue weighted by Gasteiger charge is -2.42. The number of ether oxygens (including phenoxy) is 3. The Bertz CT molecular complexity index is 1890. The number of nitrogens with zero attached hydrogens (tertiary/aromatic N) is 2. The summed E-state index contributed by atoms with van der Waals surface area (Å²) in [5, 5.41) is 14.5. The maximum atomic E-state index is 14.1. The summed E-state index contributed by atoms with van der Waals surface area (Å²) in [6.07, 6.45) is 1.11. The minimum absolute atomic E-state index is 0.119. The fourth-order valence-corrected chi connectivity index (χ4v) is 13.2. The first kappa shape index (κ1) is 46.5. The van der Waals surface area contributed by atoms with Gasteiger partial charge in [-0.15, -0.1) is 0 Å². The number of hydrogen-bond acceptors (Lipinski definition) is 12. The monoisotopic (exact) mass is 835 g/mol. The van der Waals surface area contributed by atoms with E-state index < -0.39 is 56.4 Å². The number of methoxy groups -OCH3 is 1. The molecule has 0 radical (unpaired) electrons. The van der Waals surface area contributed by atoms with Crippen LogP contribution in [0, 0.1) is 5.92 Å². The fourth-order valence-electron chi connectivity index (χ4n) is 7.94. The predicted molar refractivity (Wildman–Crippen MR) is 227 cm³/mol. The molecular formula is C43H61N5O10Si. The zero-order valence-corrected chi connectivity index (χ0v) is 37.1. The molecule has 2 unspecified atom stereocenters. The highest BCUT2D eigenvalue weighted by Gasteiger charge is 2.49. The molecule has 4 rings (SSSR count). The van der Waals surface area contributed by atoms with E-state index in [1.807, 2.05) is 6.92 Å². The first-order valence-corrected chi connectivity index (χ1v) is 22.2. The Kier molecular flexibility index (Phi) is 15.5. The third kappa shape index (κ3) is 10.2. The molecule has 59 heavy (non-hydrogen) atoms. The molecule has 2 aliphatic heterocycles. The van der Waals surface area contributed by atoms with Crippen LogP contribution in [0.15, 0.2) is 60.8 Å². The molecule has 2 aromatic rings. The number of benzene rings is 2. The summed E-state index contributed by atoms with van der Waals surface area (Å²) in [6, 6.07) is 7.43. The lowest BCUT2D eigenvalue weighted by molar-refractivity contribution is -0.154. The van der Waals surface area contributed by atoms with E-state index in [9.17, 15) is 29.1 Å². The van der Waals surface area contributed by atoms with Crippen LogP contribution in [0.2, 0.25) is 16.6 Å². The third-order valence-electron chi connectivity index (χ3n) is 11.0. The molecule has 0 spiro atoms.